The molecule has 2 fully saturated rings. The van der Waals surface area contributed by atoms with Crippen molar-refractivity contribution in [2.24, 2.45) is 0 Å². The minimum Gasteiger partial charge on any atom is -0.476 e. The molecule has 6 nitrogen and oxygen atoms in total. The summed E-state index contributed by atoms with van der Waals surface area (Å²) in [6, 6.07) is 7.53. The zero-order valence-electron chi connectivity index (χ0n) is 15.7. The molecule has 2 aromatic rings. The van der Waals surface area contributed by atoms with Crippen LogP contribution in [0.3, 0.4) is 0 Å². The van der Waals surface area contributed by atoms with Gasteiger partial charge < -0.3 is 20.3 Å². The molecule has 4 heterocycles. The Hall–Kier alpha value is -2.83. The summed E-state index contributed by atoms with van der Waals surface area (Å²) in [6.07, 6.45) is 5.98. The van der Waals surface area contributed by atoms with Crippen LogP contribution in [0.1, 0.15) is 31.2 Å². The lowest BCUT2D eigenvalue weighted by molar-refractivity contribution is -0.122. The van der Waals surface area contributed by atoms with Crippen molar-refractivity contribution in [1.82, 2.24) is 4.98 Å². The molecule has 0 radical (unpaired) electrons. The number of amides is 1. The minimum absolute atomic E-state index is 0.277. The third-order valence-electron chi connectivity index (χ3n) is 6.06. The van der Waals surface area contributed by atoms with Crippen LogP contribution in [0.5, 0.6) is 5.75 Å². The number of ether oxygens (including phenoxy) is 1. The van der Waals surface area contributed by atoms with Crippen molar-refractivity contribution in [2.75, 3.05) is 22.1 Å². The van der Waals surface area contributed by atoms with Gasteiger partial charge in [0.05, 0.1) is 24.1 Å². The largest absolute Gasteiger partial charge is 0.476 e. The number of carbonyl (C=O) groups is 1. The van der Waals surface area contributed by atoms with Gasteiger partial charge in [0.2, 0.25) is 0 Å². The number of benzene rings is 1. The smallest absolute Gasteiger partial charge is 0.267 e. The third kappa shape index (κ3) is 2.95. The topological polar surface area (TPSA) is 66.5 Å². The molecule has 5 rings (SSSR count). The van der Waals surface area contributed by atoms with Gasteiger partial charge in [0.25, 0.3) is 5.91 Å². The number of pyridine rings is 1. The molecule has 2 N–H and O–H groups in total. The number of halogens is 1. The van der Waals surface area contributed by atoms with E-state index in [4.69, 9.17) is 4.74 Å². The van der Waals surface area contributed by atoms with Gasteiger partial charge in [-0.1, -0.05) is 0 Å². The summed E-state index contributed by atoms with van der Waals surface area (Å²) in [5, 5.41) is 6.01. The van der Waals surface area contributed by atoms with Gasteiger partial charge in [0.15, 0.2) is 6.10 Å². The molecule has 0 saturated carbocycles. The lowest BCUT2D eigenvalue weighted by Crippen LogP contribution is -2.41. The first kappa shape index (κ1) is 17.3. The van der Waals surface area contributed by atoms with E-state index in [1.165, 1.54) is 37.8 Å². The van der Waals surface area contributed by atoms with Gasteiger partial charge in [-0.25, -0.2) is 9.37 Å². The maximum Gasteiger partial charge on any atom is 0.267 e. The molecule has 0 aliphatic carbocycles. The number of aromatic nitrogens is 1. The van der Waals surface area contributed by atoms with Gasteiger partial charge in [-0.2, -0.15) is 0 Å². The van der Waals surface area contributed by atoms with Crippen LogP contribution in [0.25, 0.3) is 0 Å². The van der Waals surface area contributed by atoms with Crippen LogP contribution >= 0.6 is 0 Å². The number of nitrogens with zero attached hydrogens (tertiary/aromatic N) is 2. The first-order valence-electron chi connectivity index (χ1n) is 9.84. The molecule has 7 heteroatoms. The molecule has 1 aromatic carbocycles. The SMILES string of the molecule is Cc1cc(N2C3CCC2CC3)ncc1NC(=O)C1CNc2ccc(F)cc2O1. The Morgan fingerprint density at radius 2 is 2.00 bits per heavy atom. The molecule has 28 heavy (non-hydrogen) atoms. The lowest BCUT2D eigenvalue weighted by atomic mass is 10.0. The van der Waals surface area contributed by atoms with Crippen molar-refractivity contribution in [3.8, 4) is 5.75 Å². The summed E-state index contributed by atoms with van der Waals surface area (Å²) in [6.45, 7) is 2.30. The average molecular weight is 382 g/mol. The Morgan fingerprint density at radius 1 is 1.25 bits per heavy atom. The van der Waals surface area contributed by atoms with Crippen molar-refractivity contribution in [2.45, 2.75) is 50.8 Å². The van der Waals surface area contributed by atoms with E-state index in [2.05, 4.69) is 26.6 Å². The third-order valence-corrected chi connectivity index (χ3v) is 6.06. The van der Waals surface area contributed by atoms with Gasteiger partial charge in [0.1, 0.15) is 17.4 Å². The van der Waals surface area contributed by atoms with Crippen LogP contribution in [0.2, 0.25) is 0 Å². The first-order chi connectivity index (χ1) is 13.6. The Bertz CT molecular complexity index is 915. The van der Waals surface area contributed by atoms with E-state index in [-0.39, 0.29) is 5.91 Å². The summed E-state index contributed by atoms with van der Waals surface area (Å²) in [5.41, 5.74) is 2.33. The van der Waals surface area contributed by atoms with E-state index in [0.29, 0.717) is 35.8 Å². The maximum atomic E-state index is 13.4. The molecule has 3 aliphatic rings. The van der Waals surface area contributed by atoms with E-state index in [9.17, 15) is 9.18 Å². The quantitative estimate of drug-likeness (QED) is 0.851. The fourth-order valence-corrected chi connectivity index (χ4v) is 4.60. The van der Waals surface area contributed by atoms with E-state index < -0.39 is 11.9 Å². The van der Waals surface area contributed by atoms with Gasteiger partial charge in [-0.3, -0.25) is 4.79 Å². The fraction of sp³-hybridized carbons (Fsp3) is 0.429. The predicted molar refractivity (Wildman–Crippen MR) is 105 cm³/mol. The second-order valence-corrected chi connectivity index (χ2v) is 7.84. The zero-order valence-corrected chi connectivity index (χ0v) is 15.7. The van der Waals surface area contributed by atoms with Gasteiger partial charge in [-0.15, -0.1) is 0 Å². The van der Waals surface area contributed by atoms with Crippen molar-refractivity contribution in [1.29, 1.82) is 0 Å². The number of carbonyl (C=O) groups excluding carboxylic acids is 1. The molecule has 1 aromatic heterocycles. The van der Waals surface area contributed by atoms with Crippen LogP contribution in [0, 0.1) is 12.7 Å². The average Bonchev–Trinajstić information content (AvgIpc) is 3.29. The summed E-state index contributed by atoms with van der Waals surface area (Å²) in [5.74, 6) is 0.677. The van der Waals surface area contributed by atoms with Crippen molar-refractivity contribution in [3.05, 3.63) is 41.8 Å². The summed E-state index contributed by atoms with van der Waals surface area (Å²) < 4.78 is 19.1. The van der Waals surface area contributed by atoms with Crippen molar-refractivity contribution >= 4 is 23.1 Å². The highest BCUT2D eigenvalue weighted by Gasteiger charge is 2.40. The second kappa shape index (κ2) is 6.65. The van der Waals surface area contributed by atoms with Crippen LogP contribution in [0.4, 0.5) is 21.6 Å². The minimum atomic E-state index is -0.734. The highest BCUT2D eigenvalue weighted by atomic mass is 19.1. The number of hydrogen-bond donors (Lipinski definition) is 2. The standard InChI is InChI=1S/C21H23FN4O2/c1-12-8-20(26-14-3-4-15(26)6-5-14)24-10-17(12)25-21(27)19-11-23-16-7-2-13(22)9-18(16)28-19/h2,7-10,14-15,19,23H,3-6,11H2,1H3,(H,25,27). The lowest BCUT2D eigenvalue weighted by Gasteiger charge is -2.27. The second-order valence-electron chi connectivity index (χ2n) is 7.84. The van der Waals surface area contributed by atoms with Crippen LogP contribution in [0.15, 0.2) is 30.5 Å². The molecule has 2 saturated heterocycles. The molecule has 0 spiro atoms. The fourth-order valence-electron chi connectivity index (χ4n) is 4.60. The molecule has 146 valence electrons. The summed E-state index contributed by atoms with van der Waals surface area (Å²) in [7, 11) is 0. The van der Waals surface area contributed by atoms with Crippen LogP contribution in [-0.4, -0.2) is 35.6 Å². The Balaban J connectivity index is 1.29. The number of hydrogen-bond acceptors (Lipinski definition) is 5. The first-order valence-corrected chi connectivity index (χ1v) is 9.84. The Labute approximate surface area is 163 Å². The molecule has 2 bridgehead atoms. The van der Waals surface area contributed by atoms with Gasteiger partial charge >= 0.3 is 0 Å². The number of anilines is 3. The predicted octanol–water partition coefficient (Wildman–Crippen LogP) is 3.47. The number of fused-ring (bicyclic) bond motifs is 3. The zero-order chi connectivity index (χ0) is 19.3. The van der Waals surface area contributed by atoms with E-state index in [0.717, 1.165) is 11.4 Å². The Morgan fingerprint density at radius 3 is 2.71 bits per heavy atom. The summed E-state index contributed by atoms with van der Waals surface area (Å²) >= 11 is 0. The van der Waals surface area contributed by atoms with Gasteiger partial charge in [-0.05, 0) is 56.4 Å². The molecule has 1 amide bonds. The molecular formula is C21H23FN4O2. The van der Waals surface area contributed by atoms with E-state index >= 15 is 0 Å². The molecule has 1 unspecified atom stereocenters. The van der Waals surface area contributed by atoms with E-state index in [1.807, 2.05) is 6.92 Å². The molecule has 1 atom stereocenters. The highest BCUT2D eigenvalue weighted by molar-refractivity contribution is 5.96. The summed E-state index contributed by atoms with van der Waals surface area (Å²) in [4.78, 5) is 19.7. The monoisotopic (exact) mass is 382 g/mol. The van der Waals surface area contributed by atoms with Crippen molar-refractivity contribution < 1.29 is 13.9 Å². The normalized spacial score (nSPS) is 25.1. The van der Waals surface area contributed by atoms with Gasteiger partial charge in [0, 0.05) is 18.2 Å². The Kier molecular flexibility index (Phi) is 4.10. The maximum absolute atomic E-state index is 13.4. The van der Waals surface area contributed by atoms with Crippen LogP contribution in [-0.2, 0) is 4.79 Å². The molecule has 3 aliphatic heterocycles. The van der Waals surface area contributed by atoms with Crippen molar-refractivity contribution in [3.63, 3.8) is 0 Å². The van der Waals surface area contributed by atoms with Crippen LogP contribution < -0.4 is 20.3 Å². The number of nitrogens with one attached hydrogen (secondary N) is 2. The molecular weight excluding hydrogens is 359 g/mol. The highest BCUT2D eigenvalue weighted by Crippen LogP contribution is 2.40. The van der Waals surface area contributed by atoms with E-state index in [1.54, 1.807) is 12.3 Å². The number of aryl methyl sites for hydroxylation is 1. The number of rotatable bonds is 3.